The van der Waals surface area contributed by atoms with Gasteiger partial charge in [-0.15, -0.1) is 0 Å². The maximum absolute atomic E-state index is 13.9. The van der Waals surface area contributed by atoms with Crippen LogP contribution in [0.5, 0.6) is 5.75 Å². The van der Waals surface area contributed by atoms with Crippen LogP contribution in [-0.4, -0.2) is 50.9 Å². The zero-order chi connectivity index (χ0) is 29.4. The van der Waals surface area contributed by atoms with E-state index in [4.69, 9.17) is 16.3 Å². The number of hydrogen-bond acceptors (Lipinski definition) is 5. The summed E-state index contributed by atoms with van der Waals surface area (Å²) in [6.07, 6.45) is 0.724. The lowest BCUT2D eigenvalue weighted by molar-refractivity contribution is -0.139. The van der Waals surface area contributed by atoms with E-state index in [0.29, 0.717) is 22.0 Å². The van der Waals surface area contributed by atoms with Crippen LogP contribution >= 0.6 is 11.6 Å². The third-order valence-corrected chi connectivity index (χ3v) is 8.68. The molecule has 0 saturated heterocycles. The van der Waals surface area contributed by atoms with Crippen molar-refractivity contribution in [3.8, 4) is 5.75 Å². The van der Waals surface area contributed by atoms with Gasteiger partial charge in [-0.2, -0.15) is 0 Å². The van der Waals surface area contributed by atoms with E-state index in [1.54, 1.807) is 67.6 Å². The number of halogens is 1. The molecule has 0 unspecified atom stereocenters. The first-order valence-corrected chi connectivity index (χ1v) is 14.9. The Kier molecular flexibility index (Phi) is 10.6. The molecular formula is C30H36ClN3O5S. The van der Waals surface area contributed by atoms with Crippen LogP contribution in [-0.2, 0) is 26.2 Å². The second-order valence-electron chi connectivity index (χ2n) is 9.67. The van der Waals surface area contributed by atoms with Crippen molar-refractivity contribution < 1.29 is 22.7 Å². The molecule has 0 fully saturated rings. The number of methoxy groups -OCH3 is 1. The highest BCUT2D eigenvalue weighted by Gasteiger charge is 2.32. The van der Waals surface area contributed by atoms with Crippen molar-refractivity contribution in [3.63, 3.8) is 0 Å². The van der Waals surface area contributed by atoms with E-state index in [-0.39, 0.29) is 23.4 Å². The van der Waals surface area contributed by atoms with Crippen LogP contribution < -0.4 is 14.4 Å². The van der Waals surface area contributed by atoms with Gasteiger partial charge >= 0.3 is 0 Å². The van der Waals surface area contributed by atoms with Gasteiger partial charge in [0.1, 0.15) is 18.3 Å². The molecule has 0 aliphatic heterocycles. The highest BCUT2D eigenvalue weighted by atomic mass is 35.5. The summed E-state index contributed by atoms with van der Waals surface area (Å²) in [6, 6.07) is 18.9. The molecule has 0 heterocycles. The van der Waals surface area contributed by atoms with Crippen molar-refractivity contribution >= 4 is 39.1 Å². The van der Waals surface area contributed by atoms with Gasteiger partial charge in [-0.05, 0) is 81.3 Å². The molecule has 0 spiro atoms. The molecule has 214 valence electrons. The van der Waals surface area contributed by atoms with Crippen molar-refractivity contribution in [3.05, 3.63) is 88.9 Å². The van der Waals surface area contributed by atoms with E-state index in [1.165, 1.54) is 24.1 Å². The van der Waals surface area contributed by atoms with E-state index < -0.39 is 28.5 Å². The van der Waals surface area contributed by atoms with Gasteiger partial charge in [0.25, 0.3) is 10.0 Å². The van der Waals surface area contributed by atoms with Crippen molar-refractivity contribution in [1.82, 2.24) is 10.2 Å². The minimum atomic E-state index is -4.16. The molecule has 3 aromatic carbocycles. The maximum atomic E-state index is 13.9. The smallest absolute Gasteiger partial charge is 0.264 e. The van der Waals surface area contributed by atoms with Gasteiger partial charge in [0.15, 0.2) is 0 Å². The Labute approximate surface area is 241 Å². The first-order chi connectivity index (χ1) is 19.0. The predicted molar refractivity (Wildman–Crippen MR) is 158 cm³/mol. The highest BCUT2D eigenvalue weighted by molar-refractivity contribution is 7.92. The lowest BCUT2D eigenvalue weighted by atomic mass is 10.1. The normalized spacial score (nSPS) is 12.8. The summed E-state index contributed by atoms with van der Waals surface area (Å²) in [7, 11) is -2.67. The quantitative estimate of drug-likeness (QED) is 0.316. The molecule has 0 aromatic heterocycles. The molecule has 40 heavy (non-hydrogen) atoms. The topological polar surface area (TPSA) is 96.0 Å². The number of rotatable bonds is 12. The van der Waals surface area contributed by atoms with E-state index in [2.05, 4.69) is 5.32 Å². The summed E-state index contributed by atoms with van der Waals surface area (Å²) >= 11 is 6.18. The molecule has 0 aliphatic carbocycles. The molecule has 2 amide bonds. The van der Waals surface area contributed by atoms with Gasteiger partial charge < -0.3 is 15.0 Å². The zero-order valence-electron chi connectivity index (χ0n) is 23.4. The Balaban J connectivity index is 2.02. The fourth-order valence-electron chi connectivity index (χ4n) is 3.99. The number of nitrogens with one attached hydrogen (secondary N) is 1. The van der Waals surface area contributed by atoms with Gasteiger partial charge in [0.2, 0.25) is 11.8 Å². The standard InChI is InChI=1S/C30H36ClN3O5S/c1-6-22(3)32-30(36)23(4)33(19-24-8-7-9-25(31)18-24)29(35)20-34(26-12-10-21(2)11-13-26)40(37,38)28-16-14-27(39-5)15-17-28/h7-18,22-23H,6,19-20H2,1-5H3,(H,32,36)/t22-,23+/m1/s1. The molecule has 1 N–H and O–H groups in total. The number of carbonyl (C=O) groups excluding carboxylic acids is 2. The first kappa shape index (κ1) is 31.0. The summed E-state index contributed by atoms with van der Waals surface area (Å²) in [5.41, 5.74) is 1.98. The SMILES string of the molecule is CC[C@@H](C)NC(=O)[C@H](C)N(Cc1cccc(Cl)c1)C(=O)CN(c1ccc(C)cc1)S(=O)(=O)c1ccc(OC)cc1. The van der Waals surface area contributed by atoms with E-state index in [1.807, 2.05) is 20.8 Å². The van der Waals surface area contributed by atoms with Gasteiger partial charge in [0.05, 0.1) is 17.7 Å². The fraction of sp³-hybridized carbons (Fsp3) is 0.333. The van der Waals surface area contributed by atoms with Crippen molar-refractivity contribution in [2.24, 2.45) is 0 Å². The van der Waals surface area contributed by atoms with E-state index in [9.17, 15) is 18.0 Å². The lowest BCUT2D eigenvalue weighted by Gasteiger charge is -2.32. The number of benzene rings is 3. The van der Waals surface area contributed by atoms with Crippen LogP contribution in [0, 0.1) is 6.92 Å². The molecule has 8 nitrogen and oxygen atoms in total. The van der Waals surface area contributed by atoms with Gasteiger partial charge in [-0.3, -0.25) is 13.9 Å². The molecule has 0 radical (unpaired) electrons. The second kappa shape index (κ2) is 13.7. The van der Waals surface area contributed by atoms with Gasteiger partial charge in [-0.25, -0.2) is 8.42 Å². The minimum absolute atomic E-state index is 0.00521. The molecule has 0 bridgehead atoms. The predicted octanol–water partition coefficient (Wildman–Crippen LogP) is 5.18. The maximum Gasteiger partial charge on any atom is 0.264 e. The lowest BCUT2D eigenvalue weighted by Crippen LogP contribution is -2.52. The van der Waals surface area contributed by atoms with E-state index >= 15 is 0 Å². The average molecular weight is 586 g/mol. The molecule has 0 aliphatic rings. The van der Waals surface area contributed by atoms with Crippen LogP contribution in [0.4, 0.5) is 5.69 Å². The van der Waals surface area contributed by atoms with E-state index in [0.717, 1.165) is 16.3 Å². The summed E-state index contributed by atoms with van der Waals surface area (Å²) in [4.78, 5) is 28.5. The Morgan fingerprint density at radius 2 is 1.65 bits per heavy atom. The zero-order valence-corrected chi connectivity index (χ0v) is 25.0. The number of amides is 2. The highest BCUT2D eigenvalue weighted by Crippen LogP contribution is 2.26. The number of carbonyl (C=O) groups is 2. The number of anilines is 1. The Morgan fingerprint density at radius 1 is 1.00 bits per heavy atom. The Hall–Kier alpha value is -3.56. The largest absolute Gasteiger partial charge is 0.497 e. The second-order valence-corrected chi connectivity index (χ2v) is 12.0. The van der Waals surface area contributed by atoms with Crippen LogP contribution in [0.15, 0.2) is 77.7 Å². The number of hydrogen-bond donors (Lipinski definition) is 1. The summed E-state index contributed by atoms with van der Waals surface area (Å²) in [6.45, 7) is 6.91. The third-order valence-electron chi connectivity index (χ3n) is 6.66. The molecule has 3 aromatic rings. The molecular weight excluding hydrogens is 550 g/mol. The molecule has 2 atom stereocenters. The van der Waals surface area contributed by atoms with Gasteiger partial charge in [0, 0.05) is 17.6 Å². The molecule has 0 saturated carbocycles. The van der Waals surface area contributed by atoms with Gasteiger partial charge in [-0.1, -0.05) is 48.4 Å². The fourth-order valence-corrected chi connectivity index (χ4v) is 5.62. The average Bonchev–Trinajstić information content (AvgIpc) is 2.94. The third kappa shape index (κ3) is 7.76. The number of sulfonamides is 1. The number of nitrogens with zero attached hydrogens (tertiary/aromatic N) is 2. The molecule has 3 rings (SSSR count). The van der Waals surface area contributed by atoms with Crippen LogP contribution in [0.3, 0.4) is 0 Å². The van der Waals surface area contributed by atoms with Crippen molar-refractivity contribution in [2.45, 2.75) is 57.6 Å². The van der Waals surface area contributed by atoms with Crippen molar-refractivity contribution in [1.29, 1.82) is 0 Å². The number of ether oxygens (including phenoxy) is 1. The summed E-state index contributed by atoms with van der Waals surface area (Å²) in [5, 5.41) is 3.41. The summed E-state index contributed by atoms with van der Waals surface area (Å²) in [5.74, 6) is -0.361. The Bertz CT molecular complexity index is 1410. The Morgan fingerprint density at radius 3 is 2.23 bits per heavy atom. The van der Waals surface area contributed by atoms with Crippen molar-refractivity contribution in [2.75, 3.05) is 18.0 Å². The van der Waals surface area contributed by atoms with Crippen LogP contribution in [0.1, 0.15) is 38.3 Å². The summed E-state index contributed by atoms with van der Waals surface area (Å²) < 4.78 is 34.0. The van der Waals surface area contributed by atoms with Crippen LogP contribution in [0.25, 0.3) is 0 Å². The molecule has 10 heteroatoms. The van der Waals surface area contributed by atoms with Crippen LogP contribution in [0.2, 0.25) is 5.02 Å². The first-order valence-electron chi connectivity index (χ1n) is 13.0. The number of aryl methyl sites for hydroxylation is 1. The minimum Gasteiger partial charge on any atom is -0.497 e. The monoisotopic (exact) mass is 585 g/mol.